The van der Waals surface area contributed by atoms with Crippen LogP contribution in [0, 0.1) is 0 Å². The molecule has 78 valence electrons. The van der Waals surface area contributed by atoms with E-state index in [1.165, 1.54) is 0 Å². The Morgan fingerprint density at radius 2 is 2.27 bits per heavy atom. The maximum Gasteiger partial charge on any atom is 0.135 e. The molecule has 0 aliphatic carbocycles. The number of aryl methyl sites for hydroxylation is 1. The highest BCUT2D eigenvalue weighted by Gasteiger charge is 2.08. The van der Waals surface area contributed by atoms with Crippen LogP contribution in [-0.4, -0.2) is 15.3 Å². The number of nitrogens with zero attached hydrogens (tertiary/aromatic N) is 2. The van der Waals surface area contributed by atoms with Crippen molar-refractivity contribution in [2.45, 2.75) is 13.3 Å². The smallest absolute Gasteiger partial charge is 0.135 e. The fraction of sp³-hybridized carbons (Fsp3) is 0.273. The molecule has 15 heavy (non-hydrogen) atoms. The van der Waals surface area contributed by atoms with Crippen LogP contribution in [0.4, 0.5) is 0 Å². The van der Waals surface area contributed by atoms with E-state index in [1.807, 2.05) is 23.7 Å². The fourth-order valence-electron chi connectivity index (χ4n) is 1.65. The molecule has 0 fully saturated rings. The zero-order valence-electron chi connectivity index (χ0n) is 8.62. The first-order chi connectivity index (χ1) is 7.08. The molecule has 0 aliphatic heterocycles. The van der Waals surface area contributed by atoms with E-state index in [9.17, 15) is 4.79 Å². The third-order valence-electron chi connectivity index (χ3n) is 2.39. The Hall–Kier alpha value is -1.35. The average Bonchev–Trinajstić information content (AvgIpc) is 2.44. The van der Waals surface area contributed by atoms with E-state index in [0.29, 0.717) is 11.4 Å². The summed E-state index contributed by atoms with van der Waals surface area (Å²) in [4.78, 5) is 15.3. The molecule has 2 aromatic heterocycles. The lowest BCUT2D eigenvalue weighted by Crippen LogP contribution is -2.02. The Balaban J connectivity index is 2.59. The van der Waals surface area contributed by atoms with Crippen molar-refractivity contribution in [2.75, 3.05) is 0 Å². The van der Waals surface area contributed by atoms with Crippen LogP contribution in [0.5, 0.6) is 0 Å². The van der Waals surface area contributed by atoms with Crippen LogP contribution >= 0.6 is 11.6 Å². The number of aromatic nitrogens is 2. The Morgan fingerprint density at radius 1 is 1.53 bits per heavy atom. The minimum absolute atomic E-state index is 0.145. The first kappa shape index (κ1) is 10.2. The van der Waals surface area contributed by atoms with Crippen molar-refractivity contribution in [1.29, 1.82) is 0 Å². The highest BCUT2D eigenvalue weighted by atomic mass is 35.5. The number of halogens is 1. The molecule has 0 aliphatic rings. The van der Waals surface area contributed by atoms with E-state index >= 15 is 0 Å². The topological polar surface area (TPSA) is 34.9 Å². The van der Waals surface area contributed by atoms with Crippen molar-refractivity contribution in [2.24, 2.45) is 7.05 Å². The zero-order valence-corrected chi connectivity index (χ0v) is 9.38. The molecule has 2 aromatic rings. The van der Waals surface area contributed by atoms with Crippen molar-refractivity contribution in [3.63, 3.8) is 0 Å². The van der Waals surface area contributed by atoms with Crippen molar-refractivity contribution < 1.29 is 4.79 Å². The molecule has 0 radical (unpaired) electrons. The Bertz CT molecular complexity index is 531. The molecule has 2 rings (SSSR count). The second-order valence-corrected chi connectivity index (χ2v) is 4.07. The van der Waals surface area contributed by atoms with Gasteiger partial charge in [-0.15, -0.1) is 0 Å². The average molecular weight is 223 g/mol. The van der Waals surface area contributed by atoms with E-state index in [2.05, 4.69) is 4.98 Å². The largest absolute Gasteiger partial charge is 0.346 e. The standard InChI is InChI=1S/C11H11ClN2O/c1-7(15)3-9-5-10-11(14(9)2)4-8(12)6-13-10/h4-6H,3H2,1-2H3. The van der Waals surface area contributed by atoms with Crippen LogP contribution < -0.4 is 0 Å². The lowest BCUT2D eigenvalue weighted by atomic mass is 10.2. The maximum absolute atomic E-state index is 11.0. The van der Waals surface area contributed by atoms with Crippen molar-refractivity contribution >= 4 is 28.4 Å². The van der Waals surface area contributed by atoms with Crippen LogP contribution in [0.3, 0.4) is 0 Å². The van der Waals surface area contributed by atoms with Crippen LogP contribution in [-0.2, 0) is 18.3 Å². The van der Waals surface area contributed by atoms with E-state index in [4.69, 9.17) is 11.6 Å². The number of ketones is 1. The lowest BCUT2D eigenvalue weighted by Gasteiger charge is -2.01. The minimum Gasteiger partial charge on any atom is -0.346 e. The summed E-state index contributed by atoms with van der Waals surface area (Å²) in [6.45, 7) is 1.58. The van der Waals surface area contributed by atoms with Crippen molar-refractivity contribution in [3.05, 3.63) is 29.0 Å². The number of Topliss-reactive ketones (excluding diaryl/α,β-unsaturated/α-hetero) is 1. The summed E-state index contributed by atoms with van der Waals surface area (Å²) in [6.07, 6.45) is 2.05. The molecule has 0 bridgehead atoms. The van der Waals surface area contributed by atoms with Gasteiger partial charge in [0.05, 0.1) is 16.1 Å². The van der Waals surface area contributed by atoms with Gasteiger partial charge in [0.1, 0.15) is 5.78 Å². The van der Waals surface area contributed by atoms with E-state index in [0.717, 1.165) is 16.7 Å². The molecule has 0 spiro atoms. The quantitative estimate of drug-likeness (QED) is 0.782. The van der Waals surface area contributed by atoms with Gasteiger partial charge in [-0.05, 0) is 19.1 Å². The molecule has 2 heterocycles. The number of carbonyl (C=O) groups is 1. The second kappa shape index (κ2) is 3.66. The Labute approximate surface area is 92.7 Å². The Kier molecular flexibility index (Phi) is 2.49. The summed E-state index contributed by atoms with van der Waals surface area (Å²) in [5, 5.41) is 0.609. The predicted molar refractivity (Wildman–Crippen MR) is 60.1 cm³/mol. The maximum atomic E-state index is 11.0. The van der Waals surface area contributed by atoms with Crippen LogP contribution in [0.1, 0.15) is 12.6 Å². The monoisotopic (exact) mass is 222 g/mol. The number of hydrogen-bond acceptors (Lipinski definition) is 2. The highest BCUT2D eigenvalue weighted by Crippen LogP contribution is 2.20. The number of rotatable bonds is 2. The fourth-order valence-corrected chi connectivity index (χ4v) is 1.81. The van der Waals surface area contributed by atoms with Gasteiger partial charge < -0.3 is 4.57 Å². The van der Waals surface area contributed by atoms with Gasteiger partial charge in [-0.25, -0.2) is 0 Å². The van der Waals surface area contributed by atoms with E-state index < -0.39 is 0 Å². The third kappa shape index (κ3) is 1.88. The molecule has 3 nitrogen and oxygen atoms in total. The highest BCUT2D eigenvalue weighted by molar-refractivity contribution is 6.31. The molecule has 0 atom stereocenters. The molecule has 0 amide bonds. The second-order valence-electron chi connectivity index (χ2n) is 3.63. The van der Waals surface area contributed by atoms with E-state index in [-0.39, 0.29) is 5.78 Å². The van der Waals surface area contributed by atoms with Gasteiger partial charge >= 0.3 is 0 Å². The number of fused-ring (bicyclic) bond motifs is 1. The minimum atomic E-state index is 0.145. The van der Waals surface area contributed by atoms with Gasteiger partial charge in [-0.1, -0.05) is 11.6 Å². The lowest BCUT2D eigenvalue weighted by molar-refractivity contribution is -0.116. The molecule has 0 aromatic carbocycles. The molecule has 0 unspecified atom stereocenters. The van der Waals surface area contributed by atoms with Gasteiger partial charge in [-0.3, -0.25) is 9.78 Å². The molecule has 4 heteroatoms. The predicted octanol–water partition coefficient (Wildman–Crippen LogP) is 2.36. The summed E-state index contributed by atoms with van der Waals surface area (Å²) >= 11 is 5.86. The van der Waals surface area contributed by atoms with Crippen molar-refractivity contribution in [3.8, 4) is 0 Å². The third-order valence-corrected chi connectivity index (χ3v) is 2.60. The van der Waals surface area contributed by atoms with Crippen LogP contribution in [0.2, 0.25) is 5.02 Å². The van der Waals surface area contributed by atoms with Crippen LogP contribution in [0.25, 0.3) is 11.0 Å². The van der Waals surface area contributed by atoms with E-state index in [1.54, 1.807) is 13.1 Å². The van der Waals surface area contributed by atoms with Gasteiger partial charge in [-0.2, -0.15) is 0 Å². The molecule has 0 N–H and O–H groups in total. The normalized spacial score (nSPS) is 10.9. The number of carbonyl (C=O) groups excluding carboxylic acids is 1. The summed E-state index contributed by atoms with van der Waals surface area (Å²) in [5.74, 6) is 0.145. The summed E-state index contributed by atoms with van der Waals surface area (Å²) in [6, 6.07) is 3.78. The van der Waals surface area contributed by atoms with Gasteiger partial charge in [0.25, 0.3) is 0 Å². The van der Waals surface area contributed by atoms with Gasteiger partial charge in [0, 0.05) is 25.4 Å². The Morgan fingerprint density at radius 3 is 2.93 bits per heavy atom. The SMILES string of the molecule is CC(=O)Cc1cc2ncc(Cl)cc2n1C. The van der Waals surface area contributed by atoms with Crippen LogP contribution in [0.15, 0.2) is 18.3 Å². The molecular formula is C11H11ClN2O. The zero-order chi connectivity index (χ0) is 11.0. The first-order valence-corrected chi connectivity index (χ1v) is 5.05. The molecular weight excluding hydrogens is 212 g/mol. The summed E-state index contributed by atoms with van der Waals surface area (Å²) in [5.41, 5.74) is 2.80. The van der Waals surface area contributed by atoms with Crippen molar-refractivity contribution in [1.82, 2.24) is 9.55 Å². The van der Waals surface area contributed by atoms with Gasteiger partial charge in [0.15, 0.2) is 0 Å². The number of hydrogen-bond donors (Lipinski definition) is 0. The number of pyridine rings is 1. The molecule has 0 saturated heterocycles. The molecule has 0 saturated carbocycles. The summed E-state index contributed by atoms with van der Waals surface area (Å²) in [7, 11) is 1.92. The first-order valence-electron chi connectivity index (χ1n) is 4.67. The van der Waals surface area contributed by atoms with Gasteiger partial charge in [0.2, 0.25) is 0 Å². The summed E-state index contributed by atoms with van der Waals surface area (Å²) < 4.78 is 1.95.